The quantitative estimate of drug-likeness (QED) is 0.454. The molecule has 0 aromatic carbocycles. The summed E-state index contributed by atoms with van der Waals surface area (Å²) >= 11 is 5.47. The Hall–Kier alpha value is -0.440. The lowest BCUT2D eigenvalue weighted by atomic mass is 10.1. The SMILES string of the molecule is C=CC1(C(F)=C(F)F)CC1Cl. The summed E-state index contributed by atoms with van der Waals surface area (Å²) in [6, 6.07) is 0. The van der Waals surface area contributed by atoms with E-state index in [0.717, 1.165) is 6.08 Å². The first-order chi connectivity index (χ1) is 5.04. The number of hydrogen-bond donors (Lipinski definition) is 0. The fourth-order valence-electron chi connectivity index (χ4n) is 0.941. The van der Waals surface area contributed by atoms with Crippen LogP contribution in [0, 0.1) is 5.41 Å². The molecule has 0 radical (unpaired) electrons. The summed E-state index contributed by atoms with van der Waals surface area (Å²) < 4.78 is 36.0. The van der Waals surface area contributed by atoms with Gasteiger partial charge in [0.15, 0.2) is 5.83 Å². The van der Waals surface area contributed by atoms with Crippen molar-refractivity contribution in [2.24, 2.45) is 5.41 Å². The molecule has 1 aliphatic carbocycles. The molecule has 0 saturated heterocycles. The van der Waals surface area contributed by atoms with Gasteiger partial charge in [0.05, 0.1) is 10.8 Å². The molecule has 0 spiro atoms. The Labute approximate surface area is 67.3 Å². The monoisotopic (exact) mass is 182 g/mol. The molecule has 1 saturated carbocycles. The van der Waals surface area contributed by atoms with E-state index >= 15 is 0 Å². The van der Waals surface area contributed by atoms with Gasteiger partial charge < -0.3 is 0 Å². The first-order valence-electron chi connectivity index (χ1n) is 3.03. The summed E-state index contributed by atoms with van der Waals surface area (Å²) in [5.41, 5.74) is -1.28. The van der Waals surface area contributed by atoms with Crippen molar-refractivity contribution in [1.29, 1.82) is 0 Å². The molecule has 1 fully saturated rings. The molecule has 62 valence electrons. The summed E-state index contributed by atoms with van der Waals surface area (Å²) in [5.74, 6) is -1.44. The Morgan fingerprint density at radius 1 is 1.55 bits per heavy atom. The van der Waals surface area contributed by atoms with Crippen molar-refractivity contribution in [2.45, 2.75) is 11.8 Å². The molecule has 0 N–H and O–H groups in total. The smallest absolute Gasteiger partial charge is 0.205 e. The van der Waals surface area contributed by atoms with Crippen molar-refractivity contribution >= 4 is 11.6 Å². The second-order valence-corrected chi connectivity index (χ2v) is 3.02. The average molecular weight is 183 g/mol. The molecule has 0 aliphatic heterocycles. The fourth-order valence-corrected chi connectivity index (χ4v) is 1.38. The van der Waals surface area contributed by atoms with Crippen LogP contribution in [0.3, 0.4) is 0 Å². The minimum atomic E-state index is -2.30. The van der Waals surface area contributed by atoms with Crippen LogP contribution in [0.1, 0.15) is 6.42 Å². The predicted molar refractivity (Wildman–Crippen MR) is 37.2 cm³/mol. The van der Waals surface area contributed by atoms with E-state index in [9.17, 15) is 13.2 Å². The normalized spacial score (nSPS) is 34.7. The van der Waals surface area contributed by atoms with Gasteiger partial charge in [0.2, 0.25) is 0 Å². The van der Waals surface area contributed by atoms with Crippen LogP contribution in [0.4, 0.5) is 13.2 Å². The van der Waals surface area contributed by atoms with E-state index < -0.39 is 22.7 Å². The first kappa shape index (κ1) is 8.65. The Bertz CT molecular complexity index is 220. The van der Waals surface area contributed by atoms with Gasteiger partial charge in [-0.3, -0.25) is 0 Å². The van der Waals surface area contributed by atoms with E-state index in [1.165, 1.54) is 0 Å². The van der Waals surface area contributed by atoms with Crippen LogP contribution in [0.15, 0.2) is 24.6 Å². The van der Waals surface area contributed by atoms with E-state index in [4.69, 9.17) is 11.6 Å². The standard InChI is InChI=1S/C7H6ClF3/c1-2-7(3-4(7)8)5(9)6(10)11/h2,4H,1,3H2. The molecule has 0 heterocycles. The second-order valence-electron chi connectivity index (χ2n) is 2.49. The Balaban J connectivity index is 2.90. The topological polar surface area (TPSA) is 0 Å². The highest BCUT2D eigenvalue weighted by Gasteiger charge is 2.56. The number of rotatable bonds is 2. The maximum Gasteiger partial charge on any atom is 0.302 e. The Morgan fingerprint density at radius 3 is 2.09 bits per heavy atom. The first-order valence-corrected chi connectivity index (χ1v) is 3.47. The molecule has 2 unspecified atom stereocenters. The van der Waals surface area contributed by atoms with E-state index in [-0.39, 0.29) is 6.42 Å². The summed E-state index contributed by atoms with van der Waals surface area (Å²) in [6.45, 7) is 3.26. The Morgan fingerprint density at radius 2 is 2.00 bits per heavy atom. The largest absolute Gasteiger partial charge is 0.302 e. The van der Waals surface area contributed by atoms with Crippen LogP contribution >= 0.6 is 11.6 Å². The van der Waals surface area contributed by atoms with Gasteiger partial charge in [-0.05, 0) is 6.42 Å². The van der Waals surface area contributed by atoms with Crippen LogP contribution < -0.4 is 0 Å². The van der Waals surface area contributed by atoms with Crippen LogP contribution in [0.2, 0.25) is 0 Å². The molecule has 0 amide bonds. The predicted octanol–water partition coefficient (Wildman–Crippen LogP) is 3.25. The minimum absolute atomic E-state index is 0.210. The summed E-state index contributed by atoms with van der Waals surface area (Å²) in [4.78, 5) is 0. The van der Waals surface area contributed by atoms with Crippen molar-refractivity contribution < 1.29 is 13.2 Å². The van der Waals surface area contributed by atoms with Gasteiger partial charge in [-0.25, -0.2) is 4.39 Å². The van der Waals surface area contributed by atoms with Gasteiger partial charge in [0.25, 0.3) is 0 Å². The molecule has 11 heavy (non-hydrogen) atoms. The van der Waals surface area contributed by atoms with E-state index in [1.807, 2.05) is 0 Å². The fraction of sp³-hybridized carbons (Fsp3) is 0.429. The zero-order chi connectivity index (χ0) is 8.65. The summed E-state index contributed by atoms with van der Waals surface area (Å²) in [7, 11) is 0. The molecule has 1 rings (SSSR count). The van der Waals surface area contributed by atoms with Crippen molar-refractivity contribution in [2.75, 3.05) is 0 Å². The molecule has 0 aromatic rings. The number of halogens is 4. The zero-order valence-corrected chi connectivity index (χ0v) is 6.34. The third-order valence-electron chi connectivity index (χ3n) is 1.85. The van der Waals surface area contributed by atoms with E-state index in [0.29, 0.717) is 0 Å². The summed E-state index contributed by atoms with van der Waals surface area (Å²) in [6.07, 6.45) is -0.950. The average Bonchev–Trinajstić information content (AvgIpc) is 2.61. The maximum absolute atomic E-state index is 12.6. The van der Waals surface area contributed by atoms with Crippen LogP contribution in [0.5, 0.6) is 0 Å². The number of alkyl halides is 1. The molecule has 2 atom stereocenters. The van der Waals surface area contributed by atoms with E-state index in [2.05, 4.69) is 6.58 Å². The lowest BCUT2D eigenvalue weighted by Crippen LogP contribution is -2.01. The zero-order valence-electron chi connectivity index (χ0n) is 5.58. The Kier molecular flexibility index (Phi) is 2.01. The van der Waals surface area contributed by atoms with Gasteiger partial charge in [-0.1, -0.05) is 6.08 Å². The highest BCUT2D eigenvalue weighted by atomic mass is 35.5. The molecule has 1 aliphatic rings. The summed E-state index contributed by atoms with van der Waals surface area (Å²) in [5, 5.41) is -0.568. The van der Waals surface area contributed by atoms with E-state index in [1.54, 1.807) is 0 Å². The number of hydrogen-bond acceptors (Lipinski definition) is 0. The van der Waals surface area contributed by atoms with Gasteiger partial charge >= 0.3 is 6.08 Å². The molecular weight excluding hydrogens is 177 g/mol. The van der Waals surface area contributed by atoms with Gasteiger partial charge in [-0.2, -0.15) is 8.78 Å². The van der Waals surface area contributed by atoms with Crippen molar-refractivity contribution in [1.82, 2.24) is 0 Å². The second kappa shape index (κ2) is 2.55. The molecule has 0 aromatic heterocycles. The molecule has 0 bridgehead atoms. The van der Waals surface area contributed by atoms with Gasteiger partial charge in [-0.15, -0.1) is 18.2 Å². The van der Waals surface area contributed by atoms with Crippen LogP contribution in [-0.2, 0) is 0 Å². The molecule has 0 nitrogen and oxygen atoms in total. The highest BCUT2D eigenvalue weighted by Crippen LogP contribution is 2.58. The third kappa shape index (κ3) is 1.18. The van der Waals surface area contributed by atoms with Crippen LogP contribution in [-0.4, -0.2) is 5.38 Å². The van der Waals surface area contributed by atoms with Crippen molar-refractivity contribution in [3.8, 4) is 0 Å². The molecular formula is C7H6ClF3. The minimum Gasteiger partial charge on any atom is -0.205 e. The van der Waals surface area contributed by atoms with Crippen molar-refractivity contribution in [3.05, 3.63) is 24.6 Å². The lowest BCUT2D eigenvalue weighted by molar-refractivity contribution is 0.351. The van der Waals surface area contributed by atoms with Crippen molar-refractivity contribution in [3.63, 3.8) is 0 Å². The highest BCUT2D eigenvalue weighted by molar-refractivity contribution is 6.23. The van der Waals surface area contributed by atoms with Gasteiger partial charge in [0.1, 0.15) is 0 Å². The maximum atomic E-state index is 12.6. The lowest BCUT2D eigenvalue weighted by Gasteiger charge is -2.04. The number of allylic oxidation sites excluding steroid dienone is 2. The third-order valence-corrected chi connectivity index (χ3v) is 2.40. The van der Waals surface area contributed by atoms with Crippen LogP contribution in [0.25, 0.3) is 0 Å². The molecule has 4 heteroatoms. The van der Waals surface area contributed by atoms with Gasteiger partial charge in [0, 0.05) is 0 Å².